The van der Waals surface area contributed by atoms with Crippen LogP contribution in [0, 0.1) is 17.8 Å². The lowest BCUT2D eigenvalue weighted by Gasteiger charge is -2.49. The Morgan fingerprint density at radius 3 is 1.37 bits per heavy atom. The van der Waals surface area contributed by atoms with E-state index in [0.717, 1.165) is 7.11 Å². The third-order valence-corrected chi connectivity index (χ3v) is 10.6. The van der Waals surface area contributed by atoms with Crippen molar-refractivity contribution in [3.05, 3.63) is 0 Å². The summed E-state index contributed by atoms with van der Waals surface area (Å²) in [7, 11) is 3.51. The first-order valence-corrected chi connectivity index (χ1v) is 16.7. The highest BCUT2D eigenvalue weighted by molar-refractivity contribution is 5.81. The number of hydrogen-bond acceptors (Lipinski definition) is 18. The lowest BCUT2D eigenvalue weighted by atomic mass is 9.75. The van der Waals surface area contributed by atoms with Crippen molar-refractivity contribution in [1.29, 1.82) is 0 Å². The number of methoxy groups -OCH3 is 2. The van der Waals surface area contributed by atoms with E-state index in [1.165, 1.54) is 21.1 Å². The first-order chi connectivity index (χ1) is 24.4. The van der Waals surface area contributed by atoms with Crippen LogP contribution in [0.5, 0.6) is 0 Å². The Balaban J connectivity index is 1.54. The van der Waals surface area contributed by atoms with Crippen LogP contribution in [0.1, 0.15) is 26.2 Å². The Bertz CT molecular complexity index is 1270. The summed E-state index contributed by atoms with van der Waals surface area (Å²) in [6.45, 7) is 1.17. The zero-order valence-electron chi connectivity index (χ0n) is 28.7. The van der Waals surface area contributed by atoms with Gasteiger partial charge in [0.1, 0.15) is 48.8 Å². The standard InChI is InChI=1S/C31H49NO20/c1-8(33)23-9(17(36)22(41)31(48-4)52-23)5-12-18(37)15(34)10(24(49-12)28(42)32-2)6-13-19(38)16(35)11(25(50-13)29(43)44)7-14-20(39)21(40)26(47-3)27(51-14)30(45)46/h9-27,31,34-41H,5-7H2,1-4H3,(H,32,42)(H,43,44)(H,45,46). The van der Waals surface area contributed by atoms with Crippen LogP contribution in [-0.2, 0) is 47.6 Å². The maximum atomic E-state index is 13.1. The highest BCUT2D eigenvalue weighted by Gasteiger charge is 2.56. The fourth-order valence-corrected chi connectivity index (χ4v) is 7.78. The number of hydrogen-bond donors (Lipinski definition) is 11. The van der Waals surface area contributed by atoms with Gasteiger partial charge >= 0.3 is 11.9 Å². The lowest BCUT2D eigenvalue weighted by molar-refractivity contribution is -0.281. The Morgan fingerprint density at radius 1 is 0.538 bits per heavy atom. The number of likely N-dealkylation sites (N-methyl/N-ethyl adjacent to an activating group) is 1. The minimum atomic E-state index is -1.94. The Labute approximate surface area is 296 Å². The van der Waals surface area contributed by atoms with Crippen molar-refractivity contribution in [1.82, 2.24) is 5.32 Å². The quantitative estimate of drug-likeness (QED) is 0.0883. The van der Waals surface area contributed by atoms with Crippen LogP contribution in [0.3, 0.4) is 0 Å². The van der Waals surface area contributed by atoms with Gasteiger partial charge < -0.3 is 84.8 Å². The molecular formula is C31H49NO20. The molecule has 4 saturated heterocycles. The Kier molecular flexibility index (Phi) is 14.1. The second-order valence-corrected chi connectivity index (χ2v) is 13.7. The van der Waals surface area contributed by atoms with E-state index < -0.39 is 165 Å². The van der Waals surface area contributed by atoms with Gasteiger partial charge in [0.15, 0.2) is 24.3 Å². The molecule has 0 aromatic heterocycles. The van der Waals surface area contributed by atoms with Crippen molar-refractivity contribution < 1.29 is 98.7 Å². The number of ether oxygens (including phenoxy) is 6. The largest absolute Gasteiger partial charge is 0.479 e. The summed E-state index contributed by atoms with van der Waals surface area (Å²) in [6.07, 6.45) is -30.0. The van der Waals surface area contributed by atoms with E-state index in [2.05, 4.69) is 5.32 Å². The topological polar surface area (TPSA) is 338 Å². The van der Waals surface area contributed by atoms with Gasteiger partial charge in [-0.25, -0.2) is 9.59 Å². The number of nitrogens with one attached hydrogen (secondary N) is 1. The SMILES string of the molecule is CNC(=O)C1OC(CC2C(C(C)=O)OC(OC)C(O)C2O)C(O)C(O)C1CC1OC(C(=O)O)C(CC2OC(C(=O)O)C(OC)C(O)C2O)C(O)C1O. The van der Waals surface area contributed by atoms with Crippen molar-refractivity contribution in [3.8, 4) is 0 Å². The second kappa shape index (κ2) is 17.3. The summed E-state index contributed by atoms with van der Waals surface area (Å²) in [5.41, 5.74) is 0. The molecule has 4 heterocycles. The lowest BCUT2D eigenvalue weighted by Crippen LogP contribution is -2.64. The zero-order chi connectivity index (χ0) is 38.9. The van der Waals surface area contributed by atoms with Crippen LogP contribution in [0.4, 0.5) is 0 Å². The van der Waals surface area contributed by atoms with Crippen LogP contribution in [0.15, 0.2) is 0 Å². The molecule has 0 aliphatic carbocycles. The predicted octanol–water partition coefficient (Wildman–Crippen LogP) is -5.91. The maximum Gasteiger partial charge on any atom is 0.335 e. The predicted molar refractivity (Wildman–Crippen MR) is 165 cm³/mol. The van der Waals surface area contributed by atoms with Gasteiger partial charge in [-0.2, -0.15) is 0 Å². The van der Waals surface area contributed by atoms with E-state index in [-0.39, 0.29) is 0 Å². The fourth-order valence-electron chi connectivity index (χ4n) is 7.78. The monoisotopic (exact) mass is 755 g/mol. The van der Waals surface area contributed by atoms with E-state index >= 15 is 0 Å². The van der Waals surface area contributed by atoms with Gasteiger partial charge in [-0.05, 0) is 26.2 Å². The number of carboxylic acids is 2. The van der Waals surface area contributed by atoms with Crippen molar-refractivity contribution in [2.45, 2.75) is 130 Å². The number of carbonyl (C=O) groups is 4. The minimum Gasteiger partial charge on any atom is -0.479 e. The molecule has 298 valence electrons. The zero-order valence-corrected chi connectivity index (χ0v) is 28.7. The maximum absolute atomic E-state index is 13.1. The van der Waals surface area contributed by atoms with Crippen molar-refractivity contribution >= 4 is 23.6 Å². The van der Waals surface area contributed by atoms with Crippen molar-refractivity contribution in [2.24, 2.45) is 17.8 Å². The first-order valence-electron chi connectivity index (χ1n) is 16.7. The van der Waals surface area contributed by atoms with E-state index in [0.29, 0.717) is 0 Å². The first kappa shape index (κ1) is 42.3. The molecule has 0 spiro atoms. The van der Waals surface area contributed by atoms with Gasteiger partial charge in [0.25, 0.3) is 0 Å². The molecule has 0 saturated carbocycles. The average molecular weight is 756 g/mol. The molecular weight excluding hydrogens is 706 g/mol. The number of amides is 1. The Morgan fingerprint density at radius 2 is 0.942 bits per heavy atom. The molecule has 0 aromatic carbocycles. The van der Waals surface area contributed by atoms with Crippen LogP contribution < -0.4 is 5.32 Å². The summed E-state index contributed by atoms with van der Waals surface area (Å²) < 4.78 is 32.5. The van der Waals surface area contributed by atoms with Gasteiger partial charge in [-0.1, -0.05) is 0 Å². The molecule has 0 radical (unpaired) electrons. The molecule has 20 atom stereocenters. The van der Waals surface area contributed by atoms with Gasteiger partial charge in [-0.15, -0.1) is 0 Å². The molecule has 4 fully saturated rings. The van der Waals surface area contributed by atoms with E-state index in [9.17, 15) is 70.2 Å². The molecule has 20 unspecified atom stereocenters. The summed E-state index contributed by atoms with van der Waals surface area (Å²) in [4.78, 5) is 49.7. The number of Topliss-reactive ketones (excluding diaryl/α,β-unsaturated/α-hetero) is 1. The smallest absolute Gasteiger partial charge is 0.335 e. The molecule has 0 aromatic rings. The highest BCUT2D eigenvalue weighted by atomic mass is 16.7. The molecule has 52 heavy (non-hydrogen) atoms. The van der Waals surface area contributed by atoms with Crippen LogP contribution >= 0.6 is 0 Å². The summed E-state index contributed by atoms with van der Waals surface area (Å²) in [6, 6.07) is 0. The van der Waals surface area contributed by atoms with E-state index in [1.807, 2.05) is 0 Å². The fraction of sp³-hybridized carbons (Fsp3) is 0.871. The summed E-state index contributed by atoms with van der Waals surface area (Å²) in [5.74, 6) is -8.74. The number of carboxylic acid groups (broad SMARTS) is 2. The second-order valence-electron chi connectivity index (χ2n) is 13.7. The van der Waals surface area contributed by atoms with Gasteiger partial charge in [0, 0.05) is 39.0 Å². The summed E-state index contributed by atoms with van der Waals surface area (Å²) in [5, 5.41) is 109. The molecule has 0 bridgehead atoms. The third-order valence-electron chi connectivity index (χ3n) is 10.6. The minimum absolute atomic E-state index is 0.404. The van der Waals surface area contributed by atoms with Crippen LogP contribution in [0.2, 0.25) is 0 Å². The number of aliphatic carboxylic acids is 2. The molecule has 11 N–H and O–H groups in total. The van der Waals surface area contributed by atoms with Crippen LogP contribution in [-0.4, -0.2) is 200 Å². The normalized spacial score (nSPS) is 47.0. The third kappa shape index (κ3) is 8.27. The summed E-state index contributed by atoms with van der Waals surface area (Å²) >= 11 is 0. The molecule has 21 nitrogen and oxygen atoms in total. The number of aliphatic hydroxyl groups excluding tert-OH is 8. The molecule has 4 aliphatic heterocycles. The number of aliphatic hydroxyl groups is 8. The van der Waals surface area contributed by atoms with Crippen molar-refractivity contribution in [3.63, 3.8) is 0 Å². The van der Waals surface area contributed by atoms with Gasteiger partial charge in [-0.3, -0.25) is 9.59 Å². The van der Waals surface area contributed by atoms with Crippen LogP contribution in [0.25, 0.3) is 0 Å². The molecule has 21 heteroatoms. The van der Waals surface area contributed by atoms with E-state index in [1.54, 1.807) is 0 Å². The van der Waals surface area contributed by atoms with Gasteiger partial charge in [0.2, 0.25) is 5.91 Å². The number of ketones is 1. The number of carbonyl (C=O) groups excluding carboxylic acids is 2. The van der Waals surface area contributed by atoms with Gasteiger partial charge in [0.05, 0.1) is 36.6 Å². The van der Waals surface area contributed by atoms with E-state index in [4.69, 9.17) is 28.4 Å². The molecule has 4 aliphatic rings. The number of rotatable bonds is 12. The molecule has 1 amide bonds. The Hall–Kier alpha value is -2.48. The highest BCUT2D eigenvalue weighted by Crippen LogP contribution is 2.41. The average Bonchev–Trinajstić information content (AvgIpc) is 3.10. The van der Waals surface area contributed by atoms with Crippen molar-refractivity contribution in [2.75, 3.05) is 21.3 Å². The molecule has 4 rings (SSSR count).